The Morgan fingerprint density at radius 3 is 2.40 bits per heavy atom. The Bertz CT molecular complexity index is 522. The molecule has 0 aliphatic rings. The van der Waals surface area contributed by atoms with E-state index in [1.807, 2.05) is 31.2 Å². The topological polar surface area (TPSA) is 12.0 Å². The SMILES string of the molecule is C=C(C)/C=C\C(NC(CC)c1ccccc1Cl)=C(C)C. The fourth-order valence-corrected chi connectivity index (χ4v) is 2.20. The largest absolute Gasteiger partial charge is 0.378 e. The van der Waals surface area contributed by atoms with Crippen LogP contribution < -0.4 is 5.32 Å². The molecule has 1 aromatic rings. The van der Waals surface area contributed by atoms with Gasteiger partial charge in [-0.15, -0.1) is 0 Å². The van der Waals surface area contributed by atoms with Crippen LogP contribution in [0, 0.1) is 0 Å². The lowest BCUT2D eigenvalue weighted by Crippen LogP contribution is -2.20. The number of hydrogen-bond donors (Lipinski definition) is 1. The van der Waals surface area contributed by atoms with Crippen LogP contribution in [0.25, 0.3) is 0 Å². The van der Waals surface area contributed by atoms with Crippen LogP contribution in [0.4, 0.5) is 0 Å². The maximum Gasteiger partial charge on any atom is 0.0525 e. The molecule has 0 aliphatic heterocycles. The Kier molecular flexibility index (Phi) is 6.60. The molecule has 0 aliphatic carbocycles. The van der Waals surface area contributed by atoms with Gasteiger partial charge in [-0.05, 0) is 44.9 Å². The molecule has 1 nitrogen and oxygen atoms in total. The normalized spacial score (nSPS) is 12.2. The summed E-state index contributed by atoms with van der Waals surface area (Å²) in [5, 5.41) is 4.39. The Balaban J connectivity index is 3.00. The predicted octanol–water partition coefficient (Wildman–Crippen LogP) is 5.81. The molecule has 0 saturated heterocycles. The van der Waals surface area contributed by atoms with E-state index in [2.05, 4.69) is 44.8 Å². The van der Waals surface area contributed by atoms with Crippen molar-refractivity contribution in [2.75, 3.05) is 0 Å². The second-order valence-corrected chi connectivity index (χ2v) is 5.63. The van der Waals surface area contributed by atoms with Crippen LogP contribution in [0.15, 0.2) is 59.8 Å². The summed E-state index contributed by atoms with van der Waals surface area (Å²) < 4.78 is 0. The molecule has 0 amide bonds. The number of halogens is 1. The molecule has 1 N–H and O–H groups in total. The average Bonchev–Trinajstić information content (AvgIpc) is 2.39. The molecule has 0 spiro atoms. The first-order valence-electron chi connectivity index (χ1n) is 6.97. The summed E-state index contributed by atoms with van der Waals surface area (Å²) >= 11 is 6.30. The second kappa shape index (κ2) is 7.96. The molecule has 1 rings (SSSR count). The molecule has 1 aromatic carbocycles. The van der Waals surface area contributed by atoms with Crippen molar-refractivity contribution in [3.63, 3.8) is 0 Å². The molecule has 0 fully saturated rings. The van der Waals surface area contributed by atoms with E-state index >= 15 is 0 Å². The standard InChI is InChI=1S/C18H24ClN/c1-6-17(15-9-7-8-10-16(15)19)20-18(14(4)5)12-11-13(2)3/h7-12,17,20H,2,6H2,1,3-5H3/b12-11-. The minimum Gasteiger partial charge on any atom is -0.378 e. The van der Waals surface area contributed by atoms with E-state index in [0.29, 0.717) is 0 Å². The van der Waals surface area contributed by atoms with Crippen molar-refractivity contribution in [1.29, 1.82) is 0 Å². The highest BCUT2D eigenvalue weighted by molar-refractivity contribution is 6.31. The summed E-state index contributed by atoms with van der Waals surface area (Å²) in [6.45, 7) is 12.3. The van der Waals surface area contributed by atoms with Crippen molar-refractivity contribution in [2.45, 2.75) is 40.2 Å². The van der Waals surface area contributed by atoms with Gasteiger partial charge in [-0.1, -0.05) is 60.5 Å². The molecule has 20 heavy (non-hydrogen) atoms. The monoisotopic (exact) mass is 289 g/mol. The lowest BCUT2D eigenvalue weighted by molar-refractivity contribution is 0.584. The minimum atomic E-state index is 0.211. The van der Waals surface area contributed by atoms with Gasteiger partial charge in [0.15, 0.2) is 0 Å². The van der Waals surface area contributed by atoms with Crippen LogP contribution in [-0.4, -0.2) is 0 Å². The van der Waals surface area contributed by atoms with Crippen molar-refractivity contribution < 1.29 is 0 Å². The zero-order valence-electron chi connectivity index (χ0n) is 12.8. The molecule has 0 aromatic heterocycles. The summed E-state index contributed by atoms with van der Waals surface area (Å²) in [6, 6.07) is 8.21. The Morgan fingerprint density at radius 2 is 1.90 bits per heavy atom. The maximum atomic E-state index is 6.30. The van der Waals surface area contributed by atoms with Gasteiger partial charge in [-0.2, -0.15) is 0 Å². The number of hydrogen-bond acceptors (Lipinski definition) is 1. The van der Waals surface area contributed by atoms with Crippen LogP contribution >= 0.6 is 11.6 Å². The predicted molar refractivity (Wildman–Crippen MR) is 89.9 cm³/mol. The Morgan fingerprint density at radius 1 is 1.25 bits per heavy atom. The van der Waals surface area contributed by atoms with Gasteiger partial charge in [0.25, 0.3) is 0 Å². The lowest BCUT2D eigenvalue weighted by Gasteiger charge is -2.21. The summed E-state index contributed by atoms with van der Waals surface area (Å²) in [5.74, 6) is 0. The highest BCUT2D eigenvalue weighted by Crippen LogP contribution is 2.26. The smallest absolute Gasteiger partial charge is 0.0525 e. The van der Waals surface area contributed by atoms with E-state index in [1.54, 1.807) is 0 Å². The Labute approximate surface area is 128 Å². The molecule has 1 unspecified atom stereocenters. The summed E-state index contributed by atoms with van der Waals surface area (Å²) in [7, 11) is 0. The van der Waals surface area contributed by atoms with E-state index in [1.165, 1.54) is 5.57 Å². The van der Waals surface area contributed by atoms with E-state index in [4.69, 9.17) is 11.6 Å². The second-order valence-electron chi connectivity index (χ2n) is 5.22. The van der Waals surface area contributed by atoms with Crippen molar-refractivity contribution in [1.82, 2.24) is 5.32 Å². The van der Waals surface area contributed by atoms with Gasteiger partial charge in [0, 0.05) is 10.7 Å². The minimum absolute atomic E-state index is 0.211. The zero-order chi connectivity index (χ0) is 15.1. The van der Waals surface area contributed by atoms with Crippen molar-refractivity contribution in [3.05, 3.63) is 70.4 Å². The third kappa shape index (κ3) is 4.90. The first kappa shape index (κ1) is 16.6. The summed E-state index contributed by atoms with van der Waals surface area (Å²) in [6.07, 6.45) is 5.08. The molecular weight excluding hydrogens is 266 g/mol. The average molecular weight is 290 g/mol. The summed E-state index contributed by atoms with van der Waals surface area (Å²) in [4.78, 5) is 0. The highest BCUT2D eigenvalue weighted by atomic mass is 35.5. The van der Waals surface area contributed by atoms with Crippen molar-refractivity contribution >= 4 is 11.6 Å². The quantitative estimate of drug-likeness (QED) is 0.652. The molecule has 0 bridgehead atoms. The zero-order valence-corrected chi connectivity index (χ0v) is 13.6. The van der Waals surface area contributed by atoms with Gasteiger partial charge < -0.3 is 5.32 Å². The number of benzene rings is 1. The fourth-order valence-electron chi connectivity index (χ4n) is 1.93. The van der Waals surface area contributed by atoms with E-state index in [0.717, 1.165) is 28.3 Å². The maximum absolute atomic E-state index is 6.30. The molecule has 0 radical (unpaired) electrons. The number of nitrogens with one attached hydrogen (secondary N) is 1. The van der Waals surface area contributed by atoms with E-state index < -0.39 is 0 Å². The highest BCUT2D eigenvalue weighted by Gasteiger charge is 2.12. The van der Waals surface area contributed by atoms with Gasteiger partial charge >= 0.3 is 0 Å². The van der Waals surface area contributed by atoms with Gasteiger partial charge in [0.2, 0.25) is 0 Å². The van der Waals surface area contributed by atoms with E-state index in [9.17, 15) is 0 Å². The molecule has 1 atom stereocenters. The van der Waals surface area contributed by atoms with Crippen molar-refractivity contribution in [2.24, 2.45) is 0 Å². The Hall–Kier alpha value is -1.47. The van der Waals surface area contributed by atoms with Crippen LogP contribution in [0.5, 0.6) is 0 Å². The van der Waals surface area contributed by atoms with Crippen molar-refractivity contribution in [3.8, 4) is 0 Å². The first-order valence-corrected chi connectivity index (χ1v) is 7.35. The third-order valence-electron chi connectivity index (χ3n) is 3.09. The fraction of sp³-hybridized carbons (Fsp3) is 0.333. The van der Waals surface area contributed by atoms with Crippen LogP contribution in [0.3, 0.4) is 0 Å². The van der Waals surface area contributed by atoms with E-state index in [-0.39, 0.29) is 6.04 Å². The van der Waals surface area contributed by atoms with Gasteiger partial charge in [0.05, 0.1) is 6.04 Å². The molecule has 108 valence electrons. The first-order chi connectivity index (χ1) is 9.45. The van der Waals surface area contributed by atoms with Gasteiger partial charge in [-0.25, -0.2) is 0 Å². The molecule has 2 heteroatoms. The number of allylic oxidation sites excluding steroid dienone is 4. The third-order valence-corrected chi connectivity index (χ3v) is 3.44. The van der Waals surface area contributed by atoms with Crippen LogP contribution in [0.1, 0.15) is 45.7 Å². The van der Waals surface area contributed by atoms with Crippen LogP contribution in [0.2, 0.25) is 5.02 Å². The van der Waals surface area contributed by atoms with Crippen LogP contribution in [-0.2, 0) is 0 Å². The molecular formula is C18H24ClN. The molecule has 0 saturated carbocycles. The lowest BCUT2D eigenvalue weighted by atomic mass is 10.0. The summed E-state index contributed by atoms with van der Waals surface area (Å²) in [5.41, 5.74) is 4.54. The molecule has 0 heterocycles. The van der Waals surface area contributed by atoms with Gasteiger partial charge in [-0.3, -0.25) is 0 Å². The number of rotatable bonds is 6. The van der Waals surface area contributed by atoms with Gasteiger partial charge in [0.1, 0.15) is 0 Å².